The number of nitrogens with zero attached hydrogens (tertiary/aromatic N) is 4. The van der Waals surface area contributed by atoms with Crippen molar-refractivity contribution >= 4 is 22.7 Å². The van der Waals surface area contributed by atoms with Crippen molar-refractivity contribution in [2.24, 2.45) is 0 Å². The summed E-state index contributed by atoms with van der Waals surface area (Å²) in [4.78, 5) is 32.1. The van der Waals surface area contributed by atoms with E-state index in [2.05, 4.69) is 39.9 Å². The van der Waals surface area contributed by atoms with Crippen LogP contribution < -0.4 is 9.47 Å². The van der Waals surface area contributed by atoms with Crippen LogP contribution in [0, 0.1) is 0 Å². The van der Waals surface area contributed by atoms with Crippen LogP contribution in [0.5, 0.6) is 11.5 Å². The highest BCUT2D eigenvalue weighted by molar-refractivity contribution is 5.84. The van der Waals surface area contributed by atoms with E-state index in [0.29, 0.717) is 36.9 Å². The van der Waals surface area contributed by atoms with Crippen molar-refractivity contribution in [3.63, 3.8) is 0 Å². The van der Waals surface area contributed by atoms with Crippen LogP contribution in [-0.2, 0) is 22.7 Å². The van der Waals surface area contributed by atoms with E-state index in [9.17, 15) is 9.59 Å². The second-order valence-corrected chi connectivity index (χ2v) is 10.9. The molecule has 39 heavy (non-hydrogen) atoms. The fourth-order valence-electron chi connectivity index (χ4n) is 6.04. The van der Waals surface area contributed by atoms with Crippen LogP contribution in [0.25, 0.3) is 10.9 Å². The summed E-state index contributed by atoms with van der Waals surface area (Å²) in [5.74, 6) is 1.63. The van der Waals surface area contributed by atoms with Gasteiger partial charge in [0.1, 0.15) is 6.61 Å². The van der Waals surface area contributed by atoms with Crippen molar-refractivity contribution in [3.8, 4) is 11.5 Å². The van der Waals surface area contributed by atoms with Crippen LogP contribution >= 0.6 is 0 Å². The molecule has 2 saturated heterocycles. The lowest BCUT2D eigenvalue weighted by atomic mass is 10.1. The number of fused-ring (bicyclic) bond motifs is 2. The highest BCUT2D eigenvalue weighted by atomic mass is 16.6. The number of ether oxygens (including phenoxy) is 2. The molecule has 0 bridgehead atoms. The van der Waals surface area contributed by atoms with Gasteiger partial charge in [-0.1, -0.05) is 30.3 Å². The Morgan fingerprint density at radius 1 is 0.821 bits per heavy atom. The Kier molecular flexibility index (Phi) is 7.72. The summed E-state index contributed by atoms with van der Waals surface area (Å²) in [6.07, 6.45) is 7.59. The molecular formula is C31H38N4O4. The average molecular weight is 531 g/mol. The maximum Gasteiger partial charge on any atom is 0.267 e. The summed E-state index contributed by atoms with van der Waals surface area (Å²) in [5, 5.41) is 1.27. The minimum absolute atomic E-state index is 0.00282. The lowest BCUT2D eigenvalue weighted by molar-refractivity contribution is -0.143. The summed E-state index contributed by atoms with van der Waals surface area (Å²) in [5.41, 5.74) is 2.53. The zero-order valence-electron chi connectivity index (χ0n) is 22.6. The minimum atomic E-state index is -0.593. The maximum absolute atomic E-state index is 13.1. The van der Waals surface area contributed by atoms with Crippen LogP contribution in [-0.4, -0.2) is 83.1 Å². The van der Waals surface area contributed by atoms with Gasteiger partial charge in [-0.05, 0) is 55.9 Å². The van der Waals surface area contributed by atoms with Gasteiger partial charge in [0.25, 0.3) is 5.91 Å². The summed E-state index contributed by atoms with van der Waals surface area (Å²) in [6, 6.07) is 16.0. The minimum Gasteiger partial charge on any atom is -0.485 e. The molecular weight excluding hydrogens is 492 g/mol. The van der Waals surface area contributed by atoms with Gasteiger partial charge in [0, 0.05) is 62.8 Å². The van der Waals surface area contributed by atoms with Crippen molar-refractivity contribution in [2.45, 2.75) is 51.3 Å². The number of likely N-dealkylation sites (tertiary alicyclic amines) is 1. The average Bonchev–Trinajstić information content (AvgIpc) is 3.34. The van der Waals surface area contributed by atoms with E-state index in [1.807, 2.05) is 34.1 Å². The van der Waals surface area contributed by atoms with E-state index >= 15 is 0 Å². The Bertz CT molecular complexity index is 1310. The summed E-state index contributed by atoms with van der Waals surface area (Å²) in [7, 11) is 0. The lowest BCUT2D eigenvalue weighted by Crippen LogP contribution is -2.54. The fourth-order valence-corrected chi connectivity index (χ4v) is 6.04. The summed E-state index contributed by atoms with van der Waals surface area (Å²) in [6.45, 7) is 5.84. The van der Waals surface area contributed by atoms with Gasteiger partial charge in [0.15, 0.2) is 11.5 Å². The quantitative estimate of drug-likeness (QED) is 0.463. The molecule has 6 rings (SSSR count). The molecule has 2 fully saturated rings. The number of amides is 2. The molecule has 0 spiro atoms. The SMILES string of the molecule is O=C(CCCc1cn(CN2CCN(C(=O)[C@H]3COc4ccccc4O3)CC2)c2ccccc12)N1CCCCC1. The monoisotopic (exact) mass is 530 g/mol. The number of carbonyl (C=O) groups is 2. The first-order valence-electron chi connectivity index (χ1n) is 14.4. The second kappa shape index (κ2) is 11.7. The molecule has 0 saturated carbocycles. The van der Waals surface area contributed by atoms with Gasteiger partial charge in [-0.25, -0.2) is 0 Å². The predicted molar refractivity (Wildman–Crippen MR) is 150 cm³/mol. The van der Waals surface area contributed by atoms with Gasteiger partial charge in [0.05, 0.1) is 6.67 Å². The van der Waals surface area contributed by atoms with Crippen molar-refractivity contribution < 1.29 is 19.1 Å². The Hall–Kier alpha value is -3.52. The molecule has 1 atom stereocenters. The third kappa shape index (κ3) is 5.76. The fraction of sp³-hybridized carbons (Fsp3) is 0.484. The van der Waals surface area contributed by atoms with Crippen LogP contribution in [0.2, 0.25) is 0 Å². The summed E-state index contributed by atoms with van der Waals surface area (Å²) >= 11 is 0. The standard InChI is InChI=1S/C31H38N4O4/c36-30(33-15-6-1-7-16-33)14-8-9-24-21-35(26-11-3-2-10-25(24)26)23-32-17-19-34(20-18-32)31(37)29-22-38-27-12-4-5-13-28(27)39-29/h2-5,10-13,21,29H,1,6-9,14-20,22-23H2/t29-/m1/s1. The highest BCUT2D eigenvalue weighted by Gasteiger charge is 2.32. The normalized spacial score (nSPS) is 19.8. The van der Waals surface area contributed by atoms with Gasteiger partial charge in [-0.3, -0.25) is 14.5 Å². The number of piperazine rings is 1. The molecule has 0 N–H and O–H groups in total. The topological polar surface area (TPSA) is 67.2 Å². The van der Waals surface area contributed by atoms with Crippen LogP contribution in [0.1, 0.15) is 37.7 Å². The third-order valence-electron chi connectivity index (χ3n) is 8.24. The van der Waals surface area contributed by atoms with Crippen LogP contribution in [0.4, 0.5) is 0 Å². The molecule has 8 nitrogen and oxygen atoms in total. The molecule has 3 aliphatic rings. The van der Waals surface area contributed by atoms with E-state index in [4.69, 9.17) is 9.47 Å². The first-order chi connectivity index (χ1) is 19.2. The number of benzene rings is 2. The summed E-state index contributed by atoms with van der Waals surface area (Å²) < 4.78 is 14.0. The molecule has 0 radical (unpaired) electrons. The number of piperidine rings is 1. The van der Waals surface area contributed by atoms with Crippen LogP contribution in [0.3, 0.4) is 0 Å². The molecule has 2 amide bonds. The van der Waals surface area contributed by atoms with Crippen molar-refractivity contribution in [2.75, 3.05) is 45.9 Å². The maximum atomic E-state index is 13.1. The Morgan fingerprint density at radius 3 is 2.38 bits per heavy atom. The third-order valence-corrected chi connectivity index (χ3v) is 8.24. The van der Waals surface area contributed by atoms with E-state index in [-0.39, 0.29) is 12.5 Å². The molecule has 8 heteroatoms. The Morgan fingerprint density at radius 2 is 1.56 bits per heavy atom. The highest BCUT2D eigenvalue weighted by Crippen LogP contribution is 2.31. The van der Waals surface area contributed by atoms with Crippen molar-refractivity contribution in [1.29, 1.82) is 0 Å². The van der Waals surface area contributed by atoms with Gasteiger partial charge < -0.3 is 23.8 Å². The molecule has 3 aromatic rings. The van der Waals surface area contributed by atoms with Crippen molar-refractivity contribution in [1.82, 2.24) is 19.3 Å². The largest absolute Gasteiger partial charge is 0.485 e. The molecule has 1 aromatic heterocycles. The van der Waals surface area contributed by atoms with E-state index in [0.717, 1.165) is 58.5 Å². The van der Waals surface area contributed by atoms with Gasteiger partial charge >= 0.3 is 0 Å². The molecule has 3 aliphatic heterocycles. The van der Waals surface area contributed by atoms with Gasteiger partial charge in [0.2, 0.25) is 12.0 Å². The van der Waals surface area contributed by atoms with Crippen LogP contribution in [0.15, 0.2) is 54.7 Å². The Balaban J connectivity index is 1.03. The molecule has 0 aliphatic carbocycles. The second-order valence-electron chi connectivity index (χ2n) is 10.9. The number of para-hydroxylation sites is 3. The number of hydrogen-bond donors (Lipinski definition) is 0. The smallest absolute Gasteiger partial charge is 0.267 e. The first kappa shape index (κ1) is 25.7. The van der Waals surface area contributed by atoms with E-state index in [1.165, 1.54) is 22.9 Å². The molecule has 4 heterocycles. The zero-order valence-corrected chi connectivity index (χ0v) is 22.6. The first-order valence-corrected chi connectivity index (χ1v) is 14.4. The van der Waals surface area contributed by atoms with E-state index < -0.39 is 6.10 Å². The molecule has 206 valence electrons. The number of rotatable bonds is 7. The van der Waals surface area contributed by atoms with Gasteiger partial charge in [-0.15, -0.1) is 0 Å². The van der Waals surface area contributed by atoms with E-state index in [1.54, 1.807) is 0 Å². The lowest BCUT2D eigenvalue weighted by Gasteiger charge is -2.37. The zero-order chi connectivity index (χ0) is 26.6. The van der Waals surface area contributed by atoms with Crippen molar-refractivity contribution in [3.05, 3.63) is 60.3 Å². The molecule has 0 unspecified atom stereocenters. The Labute approximate surface area is 230 Å². The molecule has 2 aromatic carbocycles. The number of aryl methyl sites for hydroxylation is 1. The number of aromatic nitrogens is 1. The number of hydrogen-bond acceptors (Lipinski definition) is 5. The predicted octanol–water partition coefficient (Wildman–Crippen LogP) is 3.92. The van der Waals surface area contributed by atoms with Gasteiger partial charge in [-0.2, -0.15) is 0 Å². The number of carbonyl (C=O) groups excluding carboxylic acids is 2.